The van der Waals surface area contributed by atoms with Crippen LogP contribution in [0.3, 0.4) is 0 Å². The van der Waals surface area contributed by atoms with Crippen LogP contribution < -0.4 is 4.74 Å². The molecule has 26 heavy (non-hydrogen) atoms. The van der Waals surface area contributed by atoms with Crippen molar-refractivity contribution < 1.29 is 38.7 Å². The molecule has 1 aromatic rings. The summed E-state index contributed by atoms with van der Waals surface area (Å²) in [5.74, 6) is -0.778. The molecule has 0 amide bonds. The van der Waals surface area contributed by atoms with Crippen molar-refractivity contribution in [3.05, 3.63) is 35.9 Å². The van der Waals surface area contributed by atoms with Gasteiger partial charge in [0.1, 0.15) is 11.9 Å². The second kappa shape index (κ2) is 8.79. The van der Waals surface area contributed by atoms with Crippen LogP contribution in [0.4, 0.5) is 0 Å². The first-order valence-corrected chi connectivity index (χ1v) is 8.03. The Morgan fingerprint density at radius 3 is 2.35 bits per heavy atom. The topological polar surface area (TPSA) is 112 Å². The molecule has 1 heterocycles. The fraction of sp³-hybridized carbons (Fsp3) is 0.444. The first-order chi connectivity index (χ1) is 12.3. The van der Waals surface area contributed by atoms with Gasteiger partial charge in [-0.1, -0.05) is 12.1 Å². The van der Waals surface area contributed by atoms with E-state index >= 15 is 0 Å². The van der Waals surface area contributed by atoms with Gasteiger partial charge in [0.25, 0.3) is 0 Å². The van der Waals surface area contributed by atoms with Crippen LogP contribution in [-0.4, -0.2) is 60.0 Å². The lowest BCUT2D eigenvalue weighted by atomic mass is 9.99. The fourth-order valence-electron chi connectivity index (χ4n) is 2.51. The highest BCUT2D eigenvalue weighted by atomic mass is 16.7. The van der Waals surface area contributed by atoms with Crippen molar-refractivity contribution in [2.75, 3.05) is 7.11 Å². The quantitative estimate of drug-likeness (QED) is 0.577. The summed E-state index contributed by atoms with van der Waals surface area (Å²) in [4.78, 5) is 23.3. The van der Waals surface area contributed by atoms with E-state index in [9.17, 15) is 19.8 Å². The molecule has 5 unspecified atom stereocenters. The van der Waals surface area contributed by atoms with E-state index in [1.165, 1.54) is 19.1 Å². The Balaban J connectivity index is 2.07. The number of hydrogen-bond acceptors (Lipinski definition) is 8. The fourth-order valence-corrected chi connectivity index (χ4v) is 2.51. The molecule has 1 aliphatic heterocycles. The Hall–Kier alpha value is -2.42. The van der Waals surface area contributed by atoms with Crippen LogP contribution in [-0.2, 0) is 23.8 Å². The number of rotatable bonds is 5. The van der Waals surface area contributed by atoms with Gasteiger partial charge in [0, 0.05) is 13.0 Å². The Bertz CT molecular complexity index is 654. The van der Waals surface area contributed by atoms with Crippen molar-refractivity contribution in [3.8, 4) is 5.75 Å². The van der Waals surface area contributed by atoms with Gasteiger partial charge in [-0.2, -0.15) is 0 Å². The van der Waals surface area contributed by atoms with Crippen LogP contribution in [0.2, 0.25) is 0 Å². The Labute approximate surface area is 150 Å². The second-order valence-electron chi connectivity index (χ2n) is 5.80. The molecule has 142 valence electrons. The standard InChI is InChI=1S/C18H22O8/c1-10-15(21)16(17(18(22)24-10)25-11(2)19)26-14(20)9-6-12-4-7-13(23-3)8-5-12/h4-10,15-18,21-22H,1-3H3. The number of hydrogen-bond donors (Lipinski definition) is 2. The van der Waals surface area contributed by atoms with Crippen molar-refractivity contribution in [1.82, 2.24) is 0 Å². The zero-order valence-electron chi connectivity index (χ0n) is 14.7. The summed E-state index contributed by atoms with van der Waals surface area (Å²) in [5.41, 5.74) is 0.736. The number of carbonyl (C=O) groups excluding carboxylic acids is 2. The summed E-state index contributed by atoms with van der Waals surface area (Å²) in [6, 6.07) is 6.98. The zero-order chi connectivity index (χ0) is 19.3. The molecule has 5 atom stereocenters. The highest BCUT2D eigenvalue weighted by Gasteiger charge is 2.47. The van der Waals surface area contributed by atoms with E-state index in [0.717, 1.165) is 12.5 Å². The van der Waals surface area contributed by atoms with Crippen LogP contribution in [0.5, 0.6) is 5.75 Å². The molecular formula is C18H22O8. The monoisotopic (exact) mass is 366 g/mol. The van der Waals surface area contributed by atoms with Gasteiger partial charge in [0.2, 0.25) is 0 Å². The normalized spacial score (nSPS) is 28.6. The summed E-state index contributed by atoms with van der Waals surface area (Å²) in [7, 11) is 1.55. The van der Waals surface area contributed by atoms with Crippen LogP contribution >= 0.6 is 0 Å². The predicted molar refractivity (Wildman–Crippen MR) is 90.0 cm³/mol. The van der Waals surface area contributed by atoms with Crippen molar-refractivity contribution >= 4 is 18.0 Å². The second-order valence-corrected chi connectivity index (χ2v) is 5.80. The van der Waals surface area contributed by atoms with Crippen molar-refractivity contribution in [1.29, 1.82) is 0 Å². The van der Waals surface area contributed by atoms with Gasteiger partial charge in [0.05, 0.1) is 13.2 Å². The largest absolute Gasteiger partial charge is 0.497 e. The Morgan fingerprint density at radius 2 is 1.77 bits per heavy atom. The zero-order valence-corrected chi connectivity index (χ0v) is 14.7. The number of carbonyl (C=O) groups is 2. The van der Waals surface area contributed by atoms with E-state index < -0.39 is 42.6 Å². The Morgan fingerprint density at radius 1 is 1.12 bits per heavy atom. The van der Waals surface area contributed by atoms with E-state index in [4.69, 9.17) is 18.9 Å². The van der Waals surface area contributed by atoms with Crippen LogP contribution in [0.15, 0.2) is 30.3 Å². The summed E-state index contributed by atoms with van der Waals surface area (Å²) < 4.78 is 20.3. The third-order valence-corrected chi connectivity index (χ3v) is 3.86. The number of benzene rings is 1. The molecule has 0 saturated carbocycles. The van der Waals surface area contributed by atoms with Gasteiger partial charge in [-0.05, 0) is 30.7 Å². The first-order valence-electron chi connectivity index (χ1n) is 8.03. The lowest BCUT2D eigenvalue weighted by molar-refractivity contribution is -0.284. The molecule has 2 N–H and O–H groups in total. The maximum atomic E-state index is 12.1. The summed E-state index contributed by atoms with van der Waals surface area (Å²) in [6.07, 6.45) is -3.47. The number of methoxy groups -OCH3 is 1. The third kappa shape index (κ3) is 5.04. The number of aliphatic hydroxyl groups is 2. The molecule has 0 spiro atoms. The van der Waals surface area contributed by atoms with E-state index in [0.29, 0.717) is 5.75 Å². The van der Waals surface area contributed by atoms with Gasteiger partial charge < -0.3 is 29.2 Å². The maximum absolute atomic E-state index is 12.1. The van der Waals surface area contributed by atoms with E-state index in [1.54, 1.807) is 31.4 Å². The summed E-state index contributed by atoms with van der Waals surface area (Å²) >= 11 is 0. The highest BCUT2D eigenvalue weighted by Crippen LogP contribution is 2.25. The van der Waals surface area contributed by atoms with Gasteiger partial charge in [-0.3, -0.25) is 4.79 Å². The molecule has 0 aliphatic carbocycles. The number of aliphatic hydroxyl groups excluding tert-OH is 2. The predicted octanol–water partition coefficient (Wildman–Crippen LogP) is 0.650. The minimum Gasteiger partial charge on any atom is -0.497 e. The van der Waals surface area contributed by atoms with E-state index in [1.807, 2.05) is 0 Å². The molecular weight excluding hydrogens is 344 g/mol. The Kier molecular flexibility index (Phi) is 6.73. The molecule has 2 rings (SSSR count). The van der Waals surface area contributed by atoms with Crippen LogP contribution in [0.1, 0.15) is 19.4 Å². The lowest BCUT2D eigenvalue weighted by Crippen LogP contribution is -2.59. The molecule has 1 aliphatic rings. The molecule has 1 fully saturated rings. The summed E-state index contributed by atoms with van der Waals surface area (Å²) in [6.45, 7) is 2.64. The van der Waals surface area contributed by atoms with Crippen molar-refractivity contribution in [2.45, 2.75) is 44.6 Å². The van der Waals surface area contributed by atoms with Gasteiger partial charge in [-0.25, -0.2) is 4.79 Å². The SMILES string of the molecule is COc1ccc(C=CC(=O)OC2C(O)C(C)OC(O)C2OC(C)=O)cc1. The number of esters is 2. The van der Waals surface area contributed by atoms with E-state index in [2.05, 4.69) is 0 Å². The van der Waals surface area contributed by atoms with Crippen molar-refractivity contribution in [2.24, 2.45) is 0 Å². The van der Waals surface area contributed by atoms with Gasteiger partial charge >= 0.3 is 11.9 Å². The van der Waals surface area contributed by atoms with E-state index in [-0.39, 0.29) is 0 Å². The smallest absolute Gasteiger partial charge is 0.331 e. The molecule has 0 radical (unpaired) electrons. The molecule has 1 aromatic carbocycles. The minimum absolute atomic E-state index is 0.683. The van der Waals surface area contributed by atoms with Crippen LogP contribution in [0, 0.1) is 0 Å². The number of ether oxygens (including phenoxy) is 4. The van der Waals surface area contributed by atoms with Crippen LogP contribution in [0.25, 0.3) is 6.08 Å². The van der Waals surface area contributed by atoms with Crippen molar-refractivity contribution in [3.63, 3.8) is 0 Å². The maximum Gasteiger partial charge on any atom is 0.331 e. The average molecular weight is 366 g/mol. The third-order valence-electron chi connectivity index (χ3n) is 3.86. The van der Waals surface area contributed by atoms with Gasteiger partial charge in [0.15, 0.2) is 18.5 Å². The molecule has 0 bridgehead atoms. The molecule has 1 saturated heterocycles. The molecule has 0 aromatic heterocycles. The summed E-state index contributed by atoms with van der Waals surface area (Å²) in [5, 5.41) is 20.1. The first kappa shape index (κ1) is 19.9. The highest BCUT2D eigenvalue weighted by molar-refractivity contribution is 5.87. The minimum atomic E-state index is -1.51. The van der Waals surface area contributed by atoms with Gasteiger partial charge in [-0.15, -0.1) is 0 Å². The molecule has 8 nitrogen and oxygen atoms in total. The average Bonchev–Trinajstić information content (AvgIpc) is 2.61. The lowest BCUT2D eigenvalue weighted by Gasteiger charge is -2.40. The molecule has 8 heteroatoms.